The number of likely N-dealkylation sites (tertiary alicyclic amines) is 1. The normalized spacial score (nSPS) is 20.7. The van der Waals surface area contributed by atoms with Crippen LogP contribution in [0.1, 0.15) is 60.5 Å². The van der Waals surface area contributed by atoms with Gasteiger partial charge in [0.05, 0.1) is 6.10 Å². The van der Waals surface area contributed by atoms with Gasteiger partial charge in [-0.2, -0.15) is 0 Å². The van der Waals surface area contributed by atoms with Gasteiger partial charge in [-0.15, -0.1) is 0 Å². The third kappa shape index (κ3) is 5.73. The minimum atomic E-state index is -0.0173. The number of aryl methyl sites for hydroxylation is 2. The van der Waals surface area contributed by atoms with Gasteiger partial charge < -0.3 is 15.0 Å². The Morgan fingerprint density at radius 2 is 2.00 bits per heavy atom. The maximum Gasteiger partial charge on any atom is 0.272 e. The van der Waals surface area contributed by atoms with Crippen molar-refractivity contribution in [3.63, 3.8) is 0 Å². The van der Waals surface area contributed by atoms with Crippen LogP contribution < -0.4 is 5.32 Å². The number of ether oxygens (including phenoxy) is 1. The van der Waals surface area contributed by atoms with E-state index in [-0.39, 0.29) is 17.9 Å². The van der Waals surface area contributed by atoms with E-state index >= 15 is 0 Å². The summed E-state index contributed by atoms with van der Waals surface area (Å²) in [4.78, 5) is 35.0. The summed E-state index contributed by atoms with van der Waals surface area (Å²) >= 11 is 0. The van der Waals surface area contributed by atoms with Gasteiger partial charge in [-0.25, -0.2) is 9.97 Å². The first kappa shape index (κ1) is 19.7. The summed E-state index contributed by atoms with van der Waals surface area (Å²) in [6.45, 7) is 6.57. The van der Waals surface area contributed by atoms with Crippen molar-refractivity contribution in [1.29, 1.82) is 0 Å². The van der Waals surface area contributed by atoms with Gasteiger partial charge in [0.2, 0.25) is 5.91 Å². The van der Waals surface area contributed by atoms with Gasteiger partial charge in [-0.3, -0.25) is 9.59 Å². The Kier molecular flexibility index (Phi) is 6.77. The summed E-state index contributed by atoms with van der Waals surface area (Å²) in [6.07, 6.45) is 5.63. The molecule has 1 aromatic heterocycles. The summed E-state index contributed by atoms with van der Waals surface area (Å²) in [5.74, 6) is 1.21. The molecule has 2 fully saturated rings. The zero-order chi connectivity index (χ0) is 19.2. The molecule has 2 saturated heterocycles. The first-order chi connectivity index (χ1) is 13.0. The van der Waals surface area contributed by atoms with Gasteiger partial charge in [0.25, 0.3) is 5.91 Å². The molecular weight excluding hydrogens is 344 g/mol. The summed E-state index contributed by atoms with van der Waals surface area (Å²) < 4.78 is 5.52. The highest BCUT2D eigenvalue weighted by Gasteiger charge is 2.25. The zero-order valence-electron chi connectivity index (χ0n) is 16.4. The molecule has 2 aliphatic heterocycles. The molecule has 2 aliphatic rings. The molecule has 1 atom stereocenters. The van der Waals surface area contributed by atoms with Gasteiger partial charge in [0, 0.05) is 38.4 Å². The molecule has 0 saturated carbocycles. The lowest BCUT2D eigenvalue weighted by Crippen LogP contribution is -2.39. The van der Waals surface area contributed by atoms with Crippen LogP contribution in [0.5, 0.6) is 0 Å². The molecule has 7 heteroatoms. The highest BCUT2D eigenvalue weighted by atomic mass is 16.5. The van der Waals surface area contributed by atoms with Crippen LogP contribution in [0.15, 0.2) is 6.07 Å². The number of carbonyl (C=O) groups is 2. The first-order valence-electron chi connectivity index (χ1n) is 10.0. The van der Waals surface area contributed by atoms with Crippen LogP contribution in [0, 0.1) is 19.8 Å². The molecule has 1 N–H and O–H groups in total. The Hall–Kier alpha value is -2.02. The molecule has 0 bridgehead atoms. The molecule has 2 amide bonds. The number of hydrogen-bond acceptors (Lipinski definition) is 5. The van der Waals surface area contributed by atoms with Crippen LogP contribution >= 0.6 is 0 Å². The lowest BCUT2D eigenvalue weighted by Gasteiger charge is -2.31. The molecule has 3 heterocycles. The number of rotatable bonds is 6. The predicted molar refractivity (Wildman–Crippen MR) is 101 cm³/mol. The molecule has 0 aliphatic carbocycles. The number of nitrogens with one attached hydrogen (secondary N) is 1. The van der Waals surface area contributed by atoms with Crippen molar-refractivity contribution >= 4 is 11.8 Å². The molecule has 148 valence electrons. The number of hydrogen-bond donors (Lipinski definition) is 1. The standard InChI is InChI=1S/C20H30N4O3/c1-14-12-18(23-15(2)22-14)20(26)24-9-7-16(8-10-24)5-6-19(25)21-13-17-4-3-11-27-17/h12,16-17H,3-11,13H2,1-2H3,(H,21,25)/t17-/m0/s1. The predicted octanol–water partition coefficient (Wildman–Crippen LogP) is 2.02. The van der Waals surface area contributed by atoms with Gasteiger partial charge in [-0.05, 0) is 57.9 Å². The molecule has 0 aromatic carbocycles. The quantitative estimate of drug-likeness (QED) is 0.823. The molecule has 1 aromatic rings. The summed E-state index contributed by atoms with van der Waals surface area (Å²) in [6, 6.07) is 1.75. The van der Waals surface area contributed by atoms with Crippen LogP contribution in [0.2, 0.25) is 0 Å². The Morgan fingerprint density at radius 1 is 1.22 bits per heavy atom. The summed E-state index contributed by atoms with van der Waals surface area (Å²) in [5, 5.41) is 2.98. The number of aromatic nitrogens is 2. The monoisotopic (exact) mass is 374 g/mol. The molecule has 3 rings (SSSR count). The smallest absolute Gasteiger partial charge is 0.272 e. The van der Waals surface area contributed by atoms with Crippen molar-refractivity contribution < 1.29 is 14.3 Å². The minimum absolute atomic E-state index is 0.0173. The third-order valence-electron chi connectivity index (χ3n) is 5.42. The van der Waals surface area contributed by atoms with Gasteiger partial charge in [-0.1, -0.05) is 0 Å². The molecule has 0 spiro atoms. The van der Waals surface area contributed by atoms with E-state index in [1.165, 1.54) is 0 Å². The average Bonchev–Trinajstić information content (AvgIpc) is 3.17. The SMILES string of the molecule is Cc1cc(C(=O)N2CCC(CCC(=O)NC[C@@H]3CCCO3)CC2)nc(C)n1. The van der Waals surface area contributed by atoms with E-state index in [1.54, 1.807) is 13.0 Å². The Bertz CT molecular complexity index is 645. The fourth-order valence-corrected chi connectivity index (χ4v) is 3.87. The minimum Gasteiger partial charge on any atom is -0.376 e. The second kappa shape index (κ2) is 9.26. The van der Waals surface area contributed by atoms with Crippen LogP contribution in [0.3, 0.4) is 0 Å². The number of amides is 2. The molecule has 7 nitrogen and oxygen atoms in total. The van der Waals surface area contributed by atoms with Crippen LogP contribution in [0.4, 0.5) is 0 Å². The van der Waals surface area contributed by atoms with Crippen LogP contribution in [0.25, 0.3) is 0 Å². The Morgan fingerprint density at radius 3 is 2.67 bits per heavy atom. The van der Waals surface area contributed by atoms with E-state index in [0.29, 0.717) is 30.4 Å². The second-order valence-electron chi connectivity index (χ2n) is 7.66. The largest absolute Gasteiger partial charge is 0.376 e. The highest BCUT2D eigenvalue weighted by molar-refractivity contribution is 5.92. The second-order valence-corrected chi connectivity index (χ2v) is 7.66. The van der Waals surface area contributed by atoms with E-state index in [1.807, 2.05) is 11.8 Å². The van der Waals surface area contributed by atoms with Gasteiger partial charge >= 0.3 is 0 Å². The van der Waals surface area contributed by atoms with Crippen molar-refractivity contribution in [2.24, 2.45) is 5.92 Å². The van der Waals surface area contributed by atoms with Crippen molar-refractivity contribution in [1.82, 2.24) is 20.2 Å². The maximum absolute atomic E-state index is 12.6. The number of carbonyl (C=O) groups excluding carboxylic acids is 2. The van der Waals surface area contributed by atoms with E-state index in [2.05, 4.69) is 15.3 Å². The average molecular weight is 374 g/mol. The van der Waals surface area contributed by atoms with Gasteiger partial charge in [0.15, 0.2) is 0 Å². The fraction of sp³-hybridized carbons (Fsp3) is 0.700. The van der Waals surface area contributed by atoms with E-state index in [4.69, 9.17) is 4.74 Å². The third-order valence-corrected chi connectivity index (χ3v) is 5.42. The topological polar surface area (TPSA) is 84.4 Å². The van der Waals surface area contributed by atoms with Crippen LogP contribution in [-0.4, -0.2) is 59.0 Å². The molecular formula is C20H30N4O3. The lowest BCUT2D eigenvalue weighted by molar-refractivity contribution is -0.122. The van der Waals surface area contributed by atoms with Crippen molar-refractivity contribution in [2.75, 3.05) is 26.2 Å². The number of nitrogens with zero attached hydrogens (tertiary/aromatic N) is 3. The summed E-state index contributed by atoms with van der Waals surface area (Å²) in [7, 11) is 0. The Labute approximate surface area is 160 Å². The Balaban J connectivity index is 1.38. The number of piperidine rings is 1. The van der Waals surface area contributed by atoms with E-state index < -0.39 is 0 Å². The molecule has 27 heavy (non-hydrogen) atoms. The maximum atomic E-state index is 12.6. The molecule has 0 unspecified atom stereocenters. The fourth-order valence-electron chi connectivity index (χ4n) is 3.87. The van der Waals surface area contributed by atoms with E-state index in [9.17, 15) is 9.59 Å². The van der Waals surface area contributed by atoms with Crippen molar-refractivity contribution in [3.05, 3.63) is 23.3 Å². The van der Waals surface area contributed by atoms with Crippen molar-refractivity contribution in [3.8, 4) is 0 Å². The lowest BCUT2D eigenvalue weighted by atomic mass is 9.92. The summed E-state index contributed by atoms with van der Waals surface area (Å²) in [5.41, 5.74) is 1.29. The first-order valence-corrected chi connectivity index (χ1v) is 10.0. The van der Waals surface area contributed by atoms with Crippen LogP contribution in [-0.2, 0) is 9.53 Å². The van der Waals surface area contributed by atoms with E-state index in [0.717, 1.165) is 57.5 Å². The zero-order valence-corrected chi connectivity index (χ0v) is 16.4. The van der Waals surface area contributed by atoms with Gasteiger partial charge in [0.1, 0.15) is 11.5 Å². The van der Waals surface area contributed by atoms with Crippen molar-refractivity contribution in [2.45, 2.75) is 58.5 Å². The highest BCUT2D eigenvalue weighted by Crippen LogP contribution is 2.23. The molecule has 0 radical (unpaired) electrons.